The fraction of sp³-hybridized carbons (Fsp3) is 0.0909. The summed E-state index contributed by atoms with van der Waals surface area (Å²) in [6.45, 7) is 1.99. The highest BCUT2D eigenvalue weighted by Crippen LogP contribution is 2.40. The van der Waals surface area contributed by atoms with Crippen molar-refractivity contribution in [1.82, 2.24) is 5.32 Å². The molecule has 9 nitrogen and oxygen atoms in total. The highest BCUT2D eigenvalue weighted by atomic mass is 32.2. The standard InChI is InChI=1S/C44H37N3O6S2/c1-28-17-21-30(22-18-28)36-27-54-43(38(36)44(51)53-3)47-42(50)39(31-11-6-4-7-12-31)55-35-16-10-15-33(26-35)45-41(49)37(25-29-19-23-34(52-2)24-20-29)46-40(48)32-13-8-5-9-14-32/h4-27,39H,1-3H3,(H,45,49)(H,46,48)(H,47,50)/b37-25+. The summed E-state index contributed by atoms with van der Waals surface area (Å²) in [5, 5.41) is 10.1. The molecule has 0 aliphatic heterocycles. The Morgan fingerprint density at radius 2 is 1.45 bits per heavy atom. The van der Waals surface area contributed by atoms with Crippen molar-refractivity contribution in [3.05, 3.63) is 172 Å². The monoisotopic (exact) mass is 767 g/mol. The van der Waals surface area contributed by atoms with Crippen molar-refractivity contribution in [3.8, 4) is 16.9 Å². The minimum Gasteiger partial charge on any atom is -0.497 e. The molecule has 0 saturated carbocycles. The SMILES string of the molecule is COC(=O)c1c(-c2ccc(C)cc2)csc1NC(=O)C(Sc1cccc(NC(=O)/C(=C\c2ccc(OC)cc2)NC(=O)c2ccccc2)c1)c1ccccc1. The minimum atomic E-state index is -0.738. The lowest BCUT2D eigenvalue weighted by molar-refractivity contribution is -0.116. The topological polar surface area (TPSA) is 123 Å². The van der Waals surface area contributed by atoms with Gasteiger partial charge in [0.15, 0.2) is 0 Å². The van der Waals surface area contributed by atoms with E-state index in [1.807, 2.05) is 73.0 Å². The summed E-state index contributed by atoms with van der Waals surface area (Å²) >= 11 is 2.54. The number of hydrogen-bond acceptors (Lipinski definition) is 8. The van der Waals surface area contributed by atoms with E-state index in [9.17, 15) is 19.2 Å². The minimum absolute atomic E-state index is 0.0287. The Hall–Kier alpha value is -6.43. The predicted molar refractivity (Wildman–Crippen MR) is 219 cm³/mol. The predicted octanol–water partition coefficient (Wildman–Crippen LogP) is 9.40. The summed E-state index contributed by atoms with van der Waals surface area (Å²) in [5.74, 6) is -1.23. The van der Waals surface area contributed by atoms with Crippen molar-refractivity contribution in [2.75, 3.05) is 24.9 Å². The first-order valence-corrected chi connectivity index (χ1v) is 18.9. The van der Waals surface area contributed by atoms with E-state index >= 15 is 0 Å². The van der Waals surface area contributed by atoms with E-state index in [4.69, 9.17) is 9.47 Å². The van der Waals surface area contributed by atoms with Gasteiger partial charge in [-0.1, -0.05) is 96.6 Å². The Labute approximate surface area is 327 Å². The van der Waals surface area contributed by atoms with Crippen LogP contribution in [0.1, 0.15) is 42.7 Å². The van der Waals surface area contributed by atoms with Crippen LogP contribution in [0.5, 0.6) is 5.75 Å². The third kappa shape index (κ3) is 9.77. The Bertz CT molecular complexity index is 2320. The van der Waals surface area contributed by atoms with E-state index in [1.165, 1.54) is 30.2 Å². The molecular formula is C44H37N3O6S2. The summed E-state index contributed by atoms with van der Waals surface area (Å²) in [4.78, 5) is 54.8. The van der Waals surface area contributed by atoms with Crippen LogP contribution in [-0.4, -0.2) is 37.9 Å². The van der Waals surface area contributed by atoms with Gasteiger partial charge in [-0.2, -0.15) is 0 Å². The van der Waals surface area contributed by atoms with Crippen LogP contribution in [0.4, 0.5) is 10.7 Å². The molecule has 0 aliphatic carbocycles. The molecule has 276 valence electrons. The molecule has 3 amide bonds. The van der Waals surface area contributed by atoms with Gasteiger partial charge in [-0.25, -0.2) is 4.79 Å². The fourth-order valence-corrected chi connectivity index (χ4v) is 7.61. The number of benzene rings is 5. The molecule has 0 fully saturated rings. The molecule has 55 heavy (non-hydrogen) atoms. The quantitative estimate of drug-likeness (QED) is 0.0608. The summed E-state index contributed by atoms with van der Waals surface area (Å²) in [7, 11) is 2.88. The van der Waals surface area contributed by atoms with Gasteiger partial charge >= 0.3 is 5.97 Å². The average Bonchev–Trinajstić information content (AvgIpc) is 3.63. The Morgan fingerprint density at radius 3 is 2.13 bits per heavy atom. The number of methoxy groups -OCH3 is 2. The van der Waals surface area contributed by atoms with Crippen molar-refractivity contribution < 1.29 is 28.7 Å². The van der Waals surface area contributed by atoms with Crippen molar-refractivity contribution >= 4 is 63.6 Å². The summed E-state index contributed by atoms with van der Waals surface area (Å²) in [6, 6.07) is 39.9. The second-order valence-electron chi connectivity index (χ2n) is 12.2. The Kier molecular flexibility index (Phi) is 12.6. The molecule has 6 rings (SSSR count). The lowest BCUT2D eigenvalue weighted by Crippen LogP contribution is -2.30. The van der Waals surface area contributed by atoms with Crippen LogP contribution in [0.15, 0.2) is 149 Å². The van der Waals surface area contributed by atoms with Gasteiger partial charge in [0.25, 0.3) is 11.8 Å². The number of carbonyl (C=O) groups is 4. The van der Waals surface area contributed by atoms with E-state index in [2.05, 4.69) is 16.0 Å². The molecule has 5 aromatic carbocycles. The van der Waals surface area contributed by atoms with Crippen molar-refractivity contribution in [3.63, 3.8) is 0 Å². The van der Waals surface area contributed by atoms with Gasteiger partial charge in [-0.3, -0.25) is 14.4 Å². The van der Waals surface area contributed by atoms with Crippen molar-refractivity contribution in [1.29, 1.82) is 0 Å². The number of amides is 3. The molecule has 3 N–H and O–H groups in total. The van der Waals surface area contributed by atoms with Crippen LogP contribution in [0.3, 0.4) is 0 Å². The zero-order valence-corrected chi connectivity index (χ0v) is 31.8. The highest BCUT2D eigenvalue weighted by Gasteiger charge is 2.27. The molecule has 0 radical (unpaired) electrons. The molecule has 1 aromatic heterocycles. The number of esters is 1. The normalized spacial score (nSPS) is 11.6. The molecule has 6 aromatic rings. The molecule has 1 atom stereocenters. The van der Waals surface area contributed by atoms with Gasteiger partial charge in [0.2, 0.25) is 5.91 Å². The lowest BCUT2D eigenvalue weighted by Gasteiger charge is -2.18. The molecule has 0 saturated heterocycles. The maximum absolute atomic E-state index is 14.2. The van der Waals surface area contributed by atoms with Crippen molar-refractivity contribution in [2.24, 2.45) is 0 Å². The number of thioether (sulfide) groups is 1. The first-order chi connectivity index (χ1) is 26.7. The largest absolute Gasteiger partial charge is 0.497 e. The molecule has 0 spiro atoms. The van der Waals surface area contributed by atoms with E-state index in [-0.39, 0.29) is 17.2 Å². The first-order valence-electron chi connectivity index (χ1n) is 17.1. The van der Waals surface area contributed by atoms with Crippen LogP contribution >= 0.6 is 23.1 Å². The zero-order chi connectivity index (χ0) is 38.7. The number of nitrogens with one attached hydrogen (secondary N) is 3. The summed E-state index contributed by atoms with van der Waals surface area (Å²) in [6.07, 6.45) is 1.58. The van der Waals surface area contributed by atoms with Gasteiger partial charge in [-0.05, 0) is 72.2 Å². The summed E-state index contributed by atoms with van der Waals surface area (Å²) in [5.41, 5.74) is 5.15. The number of thiophene rings is 1. The molecule has 1 unspecified atom stereocenters. The smallest absolute Gasteiger partial charge is 0.341 e. The van der Waals surface area contributed by atoms with Crippen LogP contribution in [-0.2, 0) is 14.3 Å². The lowest BCUT2D eigenvalue weighted by atomic mass is 10.0. The van der Waals surface area contributed by atoms with E-state index < -0.39 is 23.0 Å². The van der Waals surface area contributed by atoms with Crippen LogP contribution < -0.4 is 20.7 Å². The fourth-order valence-electron chi connectivity index (χ4n) is 5.57. The van der Waals surface area contributed by atoms with Gasteiger partial charge in [-0.15, -0.1) is 23.1 Å². The first kappa shape index (κ1) is 38.3. The Balaban J connectivity index is 1.25. The second kappa shape index (κ2) is 18.1. The maximum Gasteiger partial charge on any atom is 0.341 e. The number of rotatable bonds is 13. The van der Waals surface area contributed by atoms with E-state index in [0.717, 1.165) is 16.7 Å². The van der Waals surface area contributed by atoms with E-state index in [0.29, 0.717) is 38.0 Å². The van der Waals surface area contributed by atoms with E-state index in [1.54, 1.807) is 86.0 Å². The van der Waals surface area contributed by atoms with Gasteiger partial charge in [0.05, 0.1) is 14.2 Å². The molecular weight excluding hydrogens is 731 g/mol. The second-order valence-corrected chi connectivity index (χ2v) is 14.3. The van der Waals surface area contributed by atoms with Gasteiger partial charge in [0, 0.05) is 27.1 Å². The number of aryl methyl sites for hydroxylation is 1. The molecule has 11 heteroatoms. The molecule has 1 heterocycles. The summed E-state index contributed by atoms with van der Waals surface area (Å²) < 4.78 is 10.4. The number of hydrogen-bond donors (Lipinski definition) is 3. The van der Waals surface area contributed by atoms with Gasteiger partial charge < -0.3 is 25.4 Å². The maximum atomic E-state index is 14.2. The number of anilines is 2. The van der Waals surface area contributed by atoms with Crippen molar-refractivity contribution in [2.45, 2.75) is 17.1 Å². The average molecular weight is 768 g/mol. The third-order valence-corrected chi connectivity index (χ3v) is 10.6. The number of ether oxygens (including phenoxy) is 2. The van der Waals surface area contributed by atoms with Crippen LogP contribution in [0.2, 0.25) is 0 Å². The molecule has 0 aliphatic rings. The number of carbonyl (C=O) groups excluding carboxylic acids is 4. The van der Waals surface area contributed by atoms with Crippen LogP contribution in [0.25, 0.3) is 17.2 Å². The molecule has 0 bridgehead atoms. The van der Waals surface area contributed by atoms with Crippen LogP contribution in [0, 0.1) is 6.92 Å². The third-order valence-electron chi connectivity index (χ3n) is 8.42. The Morgan fingerprint density at radius 1 is 0.764 bits per heavy atom. The van der Waals surface area contributed by atoms with Gasteiger partial charge in [0.1, 0.15) is 27.3 Å². The zero-order valence-electron chi connectivity index (χ0n) is 30.2. The highest BCUT2D eigenvalue weighted by molar-refractivity contribution is 8.00.